The van der Waals surface area contributed by atoms with Crippen molar-refractivity contribution in [1.29, 1.82) is 0 Å². The SMILES string of the molecule is NC(=O)CN(Cc1ccc(N)cc1)C(=O)NC1CC1. The fourth-order valence-electron chi connectivity index (χ4n) is 1.72. The number of anilines is 1. The van der Waals surface area contributed by atoms with Crippen molar-refractivity contribution in [3.63, 3.8) is 0 Å². The summed E-state index contributed by atoms with van der Waals surface area (Å²) >= 11 is 0. The highest BCUT2D eigenvalue weighted by atomic mass is 16.2. The molecule has 0 spiro atoms. The molecule has 0 bridgehead atoms. The number of amides is 3. The van der Waals surface area contributed by atoms with Crippen LogP contribution in [0.25, 0.3) is 0 Å². The van der Waals surface area contributed by atoms with Crippen molar-refractivity contribution in [2.45, 2.75) is 25.4 Å². The third kappa shape index (κ3) is 4.17. The van der Waals surface area contributed by atoms with Crippen LogP contribution in [0.2, 0.25) is 0 Å². The van der Waals surface area contributed by atoms with Crippen LogP contribution in [-0.4, -0.2) is 29.4 Å². The highest BCUT2D eigenvalue weighted by Crippen LogP contribution is 2.19. The first-order valence-electron chi connectivity index (χ1n) is 6.23. The predicted octanol–water partition coefficient (Wildman–Crippen LogP) is 0.428. The highest BCUT2D eigenvalue weighted by Gasteiger charge is 2.26. The van der Waals surface area contributed by atoms with Crippen molar-refractivity contribution in [3.8, 4) is 0 Å². The predicted molar refractivity (Wildman–Crippen MR) is 72.0 cm³/mol. The molecular weight excluding hydrogens is 244 g/mol. The molecule has 1 aliphatic carbocycles. The van der Waals surface area contributed by atoms with Crippen LogP contribution in [0.3, 0.4) is 0 Å². The Morgan fingerprint density at radius 3 is 2.42 bits per heavy atom. The number of hydrogen-bond donors (Lipinski definition) is 3. The van der Waals surface area contributed by atoms with Gasteiger partial charge < -0.3 is 21.7 Å². The maximum absolute atomic E-state index is 12.0. The second kappa shape index (κ2) is 5.60. The molecule has 0 radical (unpaired) electrons. The number of primary amides is 1. The lowest BCUT2D eigenvalue weighted by Crippen LogP contribution is -2.44. The summed E-state index contributed by atoms with van der Waals surface area (Å²) in [7, 11) is 0. The van der Waals surface area contributed by atoms with Crippen LogP contribution in [0, 0.1) is 0 Å². The molecule has 1 fully saturated rings. The molecule has 19 heavy (non-hydrogen) atoms. The first-order chi connectivity index (χ1) is 9.04. The van der Waals surface area contributed by atoms with Crippen LogP contribution < -0.4 is 16.8 Å². The van der Waals surface area contributed by atoms with Crippen LogP contribution in [0.4, 0.5) is 10.5 Å². The zero-order valence-electron chi connectivity index (χ0n) is 10.6. The Hall–Kier alpha value is -2.24. The number of benzene rings is 1. The van der Waals surface area contributed by atoms with Gasteiger partial charge in [0.25, 0.3) is 0 Å². The van der Waals surface area contributed by atoms with Crippen molar-refractivity contribution in [1.82, 2.24) is 10.2 Å². The van der Waals surface area contributed by atoms with Crippen LogP contribution in [0.1, 0.15) is 18.4 Å². The largest absolute Gasteiger partial charge is 0.399 e. The number of urea groups is 1. The van der Waals surface area contributed by atoms with E-state index in [2.05, 4.69) is 5.32 Å². The van der Waals surface area contributed by atoms with Gasteiger partial charge in [0, 0.05) is 18.3 Å². The van der Waals surface area contributed by atoms with Gasteiger partial charge in [-0.05, 0) is 30.5 Å². The van der Waals surface area contributed by atoms with Gasteiger partial charge in [0.1, 0.15) is 6.54 Å². The van der Waals surface area contributed by atoms with E-state index in [1.807, 2.05) is 12.1 Å². The van der Waals surface area contributed by atoms with Crippen molar-refractivity contribution in [2.24, 2.45) is 5.73 Å². The second-order valence-electron chi connectivity index (χ2n) is 4.79. The molecule has 1 aromatic carbocycles. The average molecular weight is 262 g/mol. The summed E-state index contributed by atoms with van der Waals surface area (Å²) in [5, 5.41) is 2.85. The number of rotatable bonds is 5. The molecule has 0 unspecified atom stereocenters. The minimum absolute atomic E-state index is 0.0943. The summed E-state index contributed by atoms with van der Waals surface area (Å²) in [5.74, 6) is -0.526. The summed E-state index contributed by atoms with van der Waals surface area (Å²) in [4.78, 5) is 24.4. The van der Waals surface area contributed by atoms with Gasteiger partial charge in [0.2, 0.25) is 5.91 Å². The van der Waals surface area contributed by atoms with Gasteiger partial charge in [-0.2, -0.15) is 0 Å². The molecule has 3 amide bonds. The first kappa shape index (κ1) is 13.2. The Morgan fingerprint density at radius 1 is 1.26 bits per heavy atom. The van der Waals surface area contributed by atoms with Gasteiger partial charge >= 0.3 is 6.03 Å². The van der Waals surface area contributed by atoms with E-state index in [0.29, 0.717) is 12.2 Å². The lowest BCUT2D eigenvalue weighted by Gasteiger charge is -2.21. The Labute approximate surface area is 111 Å². The maximum Gasteiger partial charge on any atom is 0.318 e. The summed E-state index contributed by atoms with van der Waals surface area (Å²) in [6, 6.07) is 7.17. The number of nitrogen functional groups attached to an aromatic ring is 1. The maximum atomic E-state index is 12.0. The lowest BCUT2D eigenvalue weighted by molar-refractivity contribution is -0.118. The molecule has 1 saturated carbocycles. The topological polar surface area (TPSA) is 101 Å². The summed E-state index contributed by atoms with van der Waals surface area (Å²) in [6.07, 6.45) is 2.00. The van der Waals surface area contributed by atoms with Gasteiger partial charge in [-0.25, -0.2) is 4.79 Å². The molecule has 0 aromatic heterocycles. The molecular formula is C13H18N4O2. The van der Waals surface area contributed by atoms with Crippen molar-refractivity contribution >= 4 is 17.6 Å². The molecule has 0 atom stereocenters. The quantitative estimate of drug-likeness (QED) is 0.670. The van der Waals surface area contributed by atoms with Gasteiger partial charge in [-0.3, -0.25) is 4.79 Å². The number of hydrogen-bond acceptors (Lipinski definition) is 3. The molecule has 2 rings (SSSR count). The fourth-order valence-corrected chi connectivity index (χ4v) is 1.72. The zero-order chi connectivity index (χ0) is 13.8. The van der Waals surface area contributed by atoms with Crippen LogP contribution in [0.15, 0.2) is 24.3 Å². The van der Waals surface area contributed by atoms with E-state index in [-0.39, 0.29) is 18.6 Å². The standard InChI is InChI=1S/C13H18N4O2/c14-10-3-1-9(2-4-10)7-17(8-12(15)18)13(19)16-11-5-6-11/h1-4,11H,5-8,14H2,(H2,15,18)(H,16,19). The normalized spacial score (nSPS) is 13.9. The van der Waals surface area contributed by atoms with Crippen LogP contribution >= 0.6 is 0 Å². The van der Waals surface area contributed by atoms with Gasteiger partial charge in [-0.1, -0.05) is 12.1 Å². The Bertz CT molecular complexity index is 468. The van der Waals surface area contributed by atoms with E-state index in [1.54, 1.807) is 12.1 Å². The molecule has 102 valence electrons. The third-order valence-corrected chi connectivity index (χ3v) is 2.89. The third-order valence-electron chi connectivity index (χ3n) is 2.89. The summed E-state index contributed by atoms with van der Waals surface area (Å²) in [5.41, 5.74) is 12.3. The smallest absolute Gasteiger partial charge is 0.318 e. The Morgan fingerprint density at radius 2 is 1.89 bits per heavy atom. The minimum atomic E-state index is -0.526. The van der Waals surface area contributed by atoms with Gasteiger partial charge in [-0.15, -0.1) is 0 Å². The van der Waals surface area contributed by atoms with E-state index in [0.717, 1.165) is 18.4 Å². The van der Waals surface area contributed by atoms with Gasteiger partial charge in [0.05, 0.1) is 0 Å². The fraction of sp³-hybridized carbons (Fsp3) is 0.385. The molecule has 6 nitrogen and oxygen atoms in total. The highest BCUT2D eigenvalue weighted by molar-refractivity contribution is 5.83. The number of nitrogens with zero attached hydrogens (tertiary/aromatic N) is 1. The molecule has 5 N–H and O–H groups in total. The van der Waals surface area contributed by atoms with E-state index < -0.39 is 5.91 Å². The van der Waals surface area contributed by atoms with Crippen LogP contribution in [-0.2, 0) is 11.3 Å². The Balaban J connectivity index is 2.01. The molecule has 0 saturated heterocycles. The van der Waals surface area contributed by atoms with Crippen LogP contribution in [0.5, 0.6) is 0 Å². The first-order valence-corrected chi connectivity index (χ1v) is 6.23. The number of nitrogens with two attached hydrogens (primary N) is 2. The number of carbonyl (C=O) groups is 2. The molecule has 0 heterocycles. The number of carbonyl (C=O) groups excluding carboxylic acids is 2. The summed E-state index contributed by atoms with van der Waals surface area (Å²) in [6.45, 7) is 0.241. The summed E-state index contributed by atoms with van der Waals surface area (Å²) < 4.78 is 0. The molecule has 0 aliphatic heterocycles. The van der Waals surface area contributed by atoms with E-state index in [4.69, 9.17) is 11.5 Å². The molecule has 1 aromatic rings. The zero-order valence-corrected chi connectivity index (χ0v) is 10.6. The van der Waals surface area contributed by atoms with E-state index >= 15 is 0 Å². The van der Waals surface area contributed by atoms with Crippen molar-refractivity contribution in [3.05, 3.63) is 29.8 Å². The van der Waals surface area contributed by atoms with E-state index in [9.17, 15) is 9.59 Å². The minimum Gasteiger partial charge on any atom is -0.399 e. The van der Waals surface area contributed by atoms with Crippen molar-refractivity contribution in [2.75, 3.05) is 12.3 Å². The average Bonchev–Trinajstić information content (AvgIpc) is 3.14. The molecule has 6 heteroatoms. The van der Waals surface area contributed by atoms with Crippen molar-refractivity contribution < 1.29 is 9.59 Å². The monoisotopic (exact) mass is 262 g/mol. The second-order valence-corrected chi connectivity index (χ2v) is 4.79. The molecule has 1 aliphatic rings. The van der Waals surface area contributed by atoms with E-state index in [1.165, 1.54) is 4.90 Å². The number of nitrogens with one attached hydrogen (secondary N) is 1. The van der Waals surface area contributed by atoms with Gasteiger partial charge in [0.15, 0.2) is 0 Å². The Kier molecular flexibility index (Phi) is 3.89. The lowest BCUT2D eigenvalue weighted by atomic mass is 10.2.